The second kappa shape index (κ2) is 7.21. The number of benzene rings is 1. The number of likely N-dealkylation sites (N-methyl/N-ethyl adjacent to an activating group) is 1. The molecule has 1 aliphatic carbocycles. The lowest BCUT2D eigenvalue weighted by Gasteiger charge is -2.41. The van der Waals surface area contributed by atoms with E-state index in [1.54, 1.807) is 0 Å². The second-order valence-corrected chi connectivity index (χ2v) is 6.27. The Balaban J connectivity index is 2.07. The molecule has 1 aliphatic rings. The van der Waals surface area contributed by atoms with Gasteiger partial charge in [0.2, 0.25) is 0 Å². The lowest BCUT2D eigenvalue weighted by Crippen LogP contribution is -2.46. The van der Waals surface area contributed by atoms with Crippen LogP contribution in [0.4, 0.5) is 0 Å². The lowest BCUT2D eigenvalue weighted by molar-refractivity contribution is 0.0714. The van der Waals surface area contributed by atoms with E-state index in [2.05, 4.69) is 42.3 Å². The van der Waals surface area contributed by atoms with Crippen molar-refractivity contribution in [1.29, 1.82) is 0 Å². The summed E-state index contributed by atoms with van der Waals surface area (Å²) >= 11 is 0. The lowest BCUT2D eigenvalue weighted by atomic mass is 9.75. The van der Waals surface area contributed by atoms with Crippen LogP contribution in [0, 0.1) is 5.92 Å². The Hall–Kier alpha value is -0.900. The molecule has 112 valence electrons. The summed E-state index contributed by atoms with van der Waals surface area (Å²) < 4.78 is 0. The first kappa shape index (κ1) is 15.5. The van der Waals surface area contributed by atoms with Gasteiger partial charge in [-0.25, -0.2) is 0 Å². The molecule has 0 spiro atoms. The van der Waals surface area contributed by atoms with Gasteiger partial charge in [-0.2, -0.15) is 0 Å². The molecule has 1 aromatic rings. The Labute approximate surface area is 122 Å². The average molecular weight is 276 g/mol. The standard InChI is InChI=1S/C17H28N2O/c1-13(20)12-19(2)17-10-15(8-9-16(17)11-18)14-6-4-3-5-7-14/h3-7,13,15-17,20H,8-12,18H2,1-2H3. The third-order valence-electron chi connectivity index (χ3n) is 4.65. The maximum atomic E-state index is 9.62. The molecule has 1 saturated carbocycles. The molecule has 20 heavy (non-hydrogen) atoms. The van der Waals surface area contributed by atoms with Crippen LogP contribution in [0.15, 0.2) is 30.3 Å². The van der Waals surface area contributed by atoms with Crippen molar-refractivity contribution in [3.8, 4) is 0 Å². The number of nitrogens with zero attached hydrogens (tertiary/aromatic N) is 1. The van der Waals surface area contributed by atoms with Crippen LogP contribution in [0.5, 0.6) is 0 Å². The summed E-state index contributed by atoms with van der Waals surface area (Å²) in [5.41, 5.74) is 7.40. The maximum absolute atomic E-state index is 9.62. The Morgan fingerprint density at radius 3 is 2.60 bits per heavy atom. The minimum atomic E-state index is -0.282. The van der Waals surface area contributed by atoms with Crippen molar-refractivity contribution >= 4 is 0 Å². The maximum Gasteiger partial charge on any atom is 0.0639 e. The first-order valence-corrected chi connectivity index (χ1v) is 7.75. The molecule has 0 amide bonds. The SMILES string of the molecule is CC(O)CN(C)C1CC(c2ccccc2)CCC1CN. The van der Waals surface area contributed by atoms with Gasteiger partial charge in [0.25, 0.3) is 0 Å². The average Bonchev–Trinajstić information content (AvgIpc) is 2.46. The first-order chi connectivity index (χ1) is 9.61. The van der Waals surface area contributed by atoms with Gasteiger partial charge in [0, 0.05) is 12.6 Å². The molecule has 1 aromatic carbocycles. The van der Waals surface area contributed by atoms with Gasteiger partial charge in [0.1, 0.15) is 0 Å². The van der Waals surface area contributed by atoms with Crippen molar-refractivity contribution in [2.24, 2.45) is 11.7 Å². The highest BCUT2D eigenvalue weighted by Gasteiger charge is 2.33. The van der Waals surface area contributed by atoms with Gasteiger partial charge in [0.15, 0.2) is 0 Å². The number of aliphatic hydroxyl groups excluding tert-OH is 1. The molecular formula is C17H28N2O. The van der Waals surface area contributed by atoms with E-state index in [9.17, 15) is 5.11 Å². The Morgan fingerprint density at radius 2 is 2.00 bits per heavy atom. The highest BCUT2D eigenvalue weighted by Crippen LogP contribution is 2.37. The van der Waals surface area contributed by atoms with Crippen molar-refractivity contribution < 1.29 is 5.11 Å². The Morgan fingerprint density at radius 1 is 1.30 bits per heavy atom. The zero-order valence-electron chi connectivity index (χ0n) is 12.7. The summed E-state index contributed by atoms with van der Waals surface area (Å²) in [6.07, 6.45) is 3.28. The summed E-state index contributed by atoms with van der Waals surface area (Å²) in [5, 5.41) is 9.62. The number of aliphatic hydroxyl groups is 1. The van der Waals surface area contributed by atoms with E-state index in [1.807, 2.05) is 6.92 Å². The normalized spacial score (nSPS) is 28.6. The number of hydrogen-bond donors (Lipinski definition) is 2. The third kappa shape index (κ3) is 3.81. The van der Waals surface area contributed by atoms with Crippen LogP contribution in [0.25, 0.3) is 0 Å². The van der Waals surface area contributed by atoms with Crippen LogP contribution in [-0.2, 0) is 0 Å². The fraction of sp³-hybridized carbons (Fsp3) is 0.647. The summed E-state index contributed by atoms with van der Waals surface area (Å²) in [4.78, 5) is 2.30. The Kier molecular flexibility index (Phi) is 5.58. The third-order valence-corrected chi connectivity index (χ3v) is 4.65. The molecule has 0 heterocycles. The summed E-state index contributed by atoms with van der Waals surface area (Å²) in [7, 11) is 2.12. The molecule has 2 rings (SSSR count). The van der Waals surface area contributed by atoms with Gasteiger partial charge in [-0.05, 0) is 57.2 Å². The molecule has 0 bridgehead atoms. The smallest absolute Gasteiger partial charge is 0.0639 e. The van der Waals surface area contributed by atoms with E-state index in [0.717, 1.165) is 19.5 Å². The van der Waals surface area contributed by atoms with Gasteiger partial charge >= 0.3 is 0 Å². The van der Waals surface area contributed by atoms with E-state index in [1.165, 1.54) is 18.4 Å². The van der Waals surface area contributed by atoms with Crippen molar-refractivity contribution in [1.82, 2.24) is 4.90 Å². The number of nitrogens with two attached hydrogens (primary N) is 1. The highest BCUT2D eigenvalue weighted by molar-refractivity contribution is 5.20. The molecule has 4 atom stereocenters. The zero-order chi connectivity index (χ0) is 14.5. The van der Waals surface area contributed by atoms with Crippen molar-refractivity contribution in [3.63, 3.8) is 0 Å². The van der Waals surface area contributed by atoms with Crippen molar-refractivity contribution in [3.05, 3.63) is 35.9 Å². The van der Waals surface area contributed by atoms with Crippen LogP contribution in [0.3, 0.4) is 0 Å². The fourth-order valence-electron chi connectivity index (χ4n) is 3.60. The Bertz CT molecular complexity index is 393. The molecule has 3 heteroatoms. The van der Waals surface area contributed by atoms with Crippen LogP contribution in [0.1, 0.15) is 37.7 Å². The zero-order valence-corrected chi connectivity index (χ0v) is 12.7. The monoisotopic (exact) mass is 276 g/mol. The van der Waals surface area contributed by atoms with E-state index in [0.29, 0.717) is 17.9 Å². The van der Waals surface area contributed by atoms with Crippen LogP contribution in [-0.4, -0.2) is 42.3 Å². The minimum Gasteiger partial charge on any atom is -0.392 e. The van der Waals surface area contributed by atoms with E-state index in [-0.39, 0.29) is 6.10 Å². The number of rotatable bonds is 5. The van der Waals surface area contributed by atoms with Crippen LogP contribution >= 0.6 is 0 Å². The van der Waals surface area contributed by atoms with Crippen molar-refractivity contribution in [2.75, 3.05) is 20.1 Å². The molecule has 0 aliphatic heterocycles. The predicted molar refractivity (Wildman–Crippen MR) is 83.7 cm³/mol. The largest absolute Gasteiger partial charge is 0.392 e. The van der Waals surface area contributed by atoms with Crippen molar-refractivity contribution in [2.45, 2.75) is 44.2 Å². The molecule has 0 radical (unpaired) electrons. The minimum absolute atomic E-state index is 0.282. The summed E-state index contributed by atoms with van der Waals surface area (Å²) in [6.45, 7) is 3.32. The summed E-state index contributed by atoms with van der Waals surface area (Å²) in [6, 6.07) is 11.3. The van der Waals surface area contributed by atoms with Gasteiger partial charge in [-0.3, -0.25) is 0 Å². The van der Waals surface area contributed by atoms with Crippen LogP contribution < -0.4 is 5.73 Å². The van der Waals surface area contributed by atoms with Gasteiger partial charge in [-0.1, -0.05) is 30.3 Å². The van der Waals surface area contributed by atoms with E-state index in [4.69, 9.17) is 5.73 Å². The second-order valence-electron chi connectivity index (χ2n) is 6.27. The van der Waals surface area contributed by atoms with E-state index >= 15 is 0 Å². The topological polar surface area (TPSA) is 49.5 Å². The fourth-order valence-corrected chi connectivity index (χ4v) is 3.60. The quantitative estimate of drug-likeness (QED) is 0.867. The molecule has 3 nitrogen and oxygen atoms in total. The molecule has 0 saturated heterocycles. The van der Waals surface area contributed by atoms with Crippen LogP contribution in [0.2, 0.25) is 0 Å². The predicted octanol–water partition coefficient (Wildman–Crippen LogP) is 2.21. The molecule has 4 unspecified atom stereocenters. The first-order valence-electron chi connectivity index (χ1n) is 7.75. The summed E-state index contributed by atoms with van der Waals surface area (Å²) in [5.74, 6) is 1.18. The molecule has 3 N–H and O–H groups in total. The number of hydrogen-bond acceptors (Lipinski definition) is 3. The molecule has 0 aromatic heterocycles. The van der Waals surface area contributed by atoms with Gasteiger partial charge < -0.3 is 15.7 Å². The highest BCUT2D eigenvalue weighted by atomic mass is 16.3. The molecular weight excluding hydrogens is 248 g/mol. The van der Waals surface area contributed by atoms with E-state index < -0.39 is 0 Å². The van der Waals surface area contributed by atoms with Gasteiger partial charge in [0.05, 0.1) is 6.10 Å². The molecule has 1 fully saturated rings. The van der Waals surface area contributed by atoms with Gasteiger partial charge in [-0.15, -0.1) is 0 Å².